The number of nitrogens with zero attached hydrogens (tertiary/aromatic N) is 1. The Morgan fingerprint density at radius 1 is 1.35 bits per heavy atom. The molecule has 0 aromatic heterocycles. The van der Waals surface area contributed by atoms with E-state index in [4.69, 9.17) is 5.73 Å². The molecule has 5 nitrogen and oxygen atoms in total. The van der Waals surface area contributed by atoms with Crippen molar-refractivity contribution in [3.8, 4) is 0 Å². The molecule has 1 amide bonds. The second-order valence-corrected chi connectivity index (χ2v) is 6.48. The monoisotopic (exact) mass is 320 g/mol. The van der Waals surface area contributed by atoms with E-state index in [1.165, 1.54) is 26.2 Å². The Bertz CT molecular complexity index is 672. The highest BCUT2D eigenvalue weighted by Crippen LogP contribution is 2.48. The summed E-state index contributed by atoms with van der Waals surface area (Å²) in [5.74, 6) is -1.12. The molecule has 1 aromatic rings. The van der Waals surface area contributed by atoms with Gasteiger partial charge < -0.3 is 15.4 Å². The SMILES string of the molecule is COC(=O)c1cc2c(cc1F)N(C(C)=O)C(C1CC1)C(C)C2N. The predicted octanol–water partition coefficient (Wildman–Crippen LogP) is 2.39. The maximum absolute atomic E-state index is 14.3. The van der Waals surface area contributed by atoms with Crippen LogP contribution in [0.15, 0.2) is 12.1 Å². The van der Waals surface area contributed by atoms with Crippen LogP contribution in [-0.2, 0) is 9.53 Å². The minimum atomic E-state index is -0.746. The fourth-order valence-corrected chi connectivity index (χ4v) is 3.67. The van der Waals surface area contributed by atoms with E-state index in [9.17, 15) is 14.0 Å². The van der Waals surface area contributed by atoms with E-state index in [1.807, 2.05) is 6.92 Å². The molecular formula is C17H21FN2O3. The average Bonchev–Trinajstić information content (AvgIpc) is 3.33. The molecule has 1 saturated carbocycles. The van der Waals surface area contributed by atoms with Crippen LogP contribution in [0.2, 0.25) is 0 Å². The van der Waals surface area contributed by atoms with Crippen molar-refractivity contribution in [3.05, 3.63) is 29.1 Å². The number of nitrogens with two attached hydrogens (primary N) is 1. The summed E-state index contributed by atoms with van der Waals surface area (Å²) in [6.07, 6.45) is 2.12. The summed E-state index contributed by atoms with van der Waals surface area (Å²) in [5.41, 5.74) is 7.30. The number of halogens is 1. The largest absolute Gasteiger partial charge is 0.465 e. The van der Waals surface area contributed by atoms with Gasteiger partial charge in [0.25, 0.3) is 0 Å². The fourth-order valence-electron chi connectivity index (χ4n) is 3.67. The zero-order valence-corrected chi connectivity index (χ0v) is 13.5. The number of fused-ring (bicyclic) bond motifs is 1. The van der Waals surface area contributed by atoms with Crippen LogP contribution in [0.5, 0.6) is 0 Å². The predicted molar refractivity (Wildman–Crippen MR) is 83.5 cm³/mol. The van der Waals surface area contributed by atoms with Gasteiger partial charge in [0.05, 0.1) is 18.4 Å². The molecule has 0 saturated heterocycles. The highest BCUT2D eigenvalue weighted by Gasteiger charge is 2.47. The summed E-state index contributed by atoms with van der Waals surface area (Å²) in [6.45, 7) is 3.49. The van der Waals surface area contributed by atoms with E-state index >= 15 is 0 Å². The Kier molecular flexibility index (Phi) is 3.88. The summed E-state index contributed by atoms with van der Waals surface area (Å²) in [5, 5.41) is 0. The number of amides is 1. The van der Waals surface area contributed by atoms with E-state index in [2.05, 4.69) is 4.74 Å². The van der Waals surface area contributed by atoms with Crippen molar-refractivity contribution in [1.29, 1.82) is 0 Å². The van der Waals surface area contributed by atoms with Crippen LogP contribution in [0.1, 0.15) is 48.7 Å². The van der Waals surface area contributed by atoms with Gasteiger partial charge in [-0.25, -0.2) is 9.18 Å². The molecule has 1 fully saturated rings. The molecule has 0 radical (unpaired) electrons. The third-order valence-electron chi connectivity index (χ3n) is 4.99. The van der Waals surface area contributed by atoms with Crippen molar-refractivity contribution >= 4 is 17.6 Å². The van der Waals surface area contributed by atoms with Crippen LogP contribution in [0.25, 0.3) is 0 Å². The standard InChI is InChI=1S/C17H21FN2O3/c1-8-15(19)12-6-11(17(22)23-3)13(18)7-14(12)20(9(2)21)16(8)10-4-5-10/h6-8,10,15-16H,4-5,19H2,1-3H3. The van der Waals surface area contributed by atoms with Crippen LogP contribution in [0.3, 0.4) is 0 Å². The first kappa shape index (κ1) is 15.9. The van der Waals surface area contributed by atoms with Crippen molar-refractivity contribution < 1.29 is 18.7 Å². The molecule has 124 valence electrons. The van der Waals surface area contributed by atoms with Gasteiger partial charge in [-0.1, -0.05) is 6.92 Å². The van der Waals surface area contributed by atoms with Gasteiger partial charge in [-0.2, -0.15) is 0 Å². The van der Waals surface area contributed by atoms with Crippen molar-refractivity contribution in [2.75, 3.05) is 12.0 Å². The second-order valence-electron chi connectivity index (χ2n) is 6.48. The van der Waals surface area contributed by atoms with Gasteiger partial charge in [0.1, 0.15) is 5.82 Å². The minimum absolute atomic E-state index is 0.0154. The first-order valence-electron chi connectivity index (χ1n) is 7.84. The van der Waals surface area contributed by atoms with E-state index < -0.39 is 11.8 Å². The number of ether oxygens (including phenoxy) is 1. The van der Waals surface area contributed by atoms with E-state index in [0.717, 1.165) is 12.8 Å². The number of anilines is 1. The van der Waals surface area contributed by atoms with Gasteiger partial charge in [0, 0.05) is 19.0 Å². The maximum Gasteiger partial charge on any atom is 0.340 e. The zero-order chi connectivity index (χ0) is 16.9. The van der Waals surface area contributed by atoms with Crippen LogP contribution in [-0.4, -0.2) is 25.0 Å². The number of methoxy groups -OCH3 is 1. The molecular weight excluding hydrogens is 299 g/mol. The van der Waals surface area contributed by atoms with Crippen LogP contribution in [0, 0.1) is 17.7 Å². The smallest absolute Gasteiger partial charge is 0.340 e. The Morgan fingerprint density at radius 3 is 2.52 bits per heavy atom. The molecule has 6 heteroatoms. The molecule has 1 aliphatic heterocycles. The third-order valence-corrected chi connectivity index (χ3v) is 4.99. The lowest BCUT2D eigenvalue weighted by atomic mass is 9.80. The van der Waals surface area contributed by atoms with E-state index in [-0.39, 0.29) is 29.5 Å². The van der Waals surface area contributed by atoms with Gasteiger partial charge in [-0.3, -0.25) is 4.79 Å². The van der Waals surface area contributed by atoms with Crippen molar-refractivity contribution in [2.45, 2.75) is 38.8 Å². The number of hydrogen-bond acceptors (Lipinski definition) is 4. The molecule has 1 aromatic carbocycles. The second kappa shape index (κ2) is 5.60. The quantitative estimate of drug-likeness (QED) is 0.849. The number of carbonyl (C=O) groups excluding carboxylic acids is 2. The maximum atomic E-state index is 14.3. The third kappa shape index (κ3) is 2.51. The lowest BCUT2D eigenvalue weighted by Crippen LogP contribution is -2.51. The lowest BCUT2D eigenvalue weighted by Gasteiger charge is -2.44. The summed E-state index contributed by atoms with van der Waals surface area (Å²) >= 11 is 0. The summed E-state index contributed by atoms with van der Waals surface area (Å²) in [7, 11) is 1.20. The van der Waals surface area contributed by atoms with Crippen LogP contribution >= 0.6 is 0 Å². The highest BCUT2D eigenvalue weighted by atomic mass is 19.1. The molecule has 1 heterocycles. The Balaban J connectivity index is 2.16. The van der Waals surface area contributed by atoms with E-state index in [1.54, 1.807) is 4.90 Å². The highest BCUT2D eigenvalue weighted by molar-refractivity contribution is 5.96. The summed E-state index contributed by atoms with van der Waals surface area (Å²) in [6, 6.07) is 2.30. The van der Waals surface area contributed by atoms with Crippen LogP contribution < -0.4 is 10.6 Å². The topological polar surface area (TPSA) is 72.6 Å². The van der Waals surface area contributed by atoms with Gasteiger partial charge in [-0.05, 0) is 42.4 Å². The molecule has 1 aliphatic carbocycles. The molecule has 23 heavy (non-hydrogen) atoms. The molecule has 3 unspecified atom stereocenters. The molecule has 2 N–H and O–H groups in total. The van der Waals surface area contributed by atoms with Crippen molar-refractivity contribution in [2.24, 2.45) is 17.6 Å². The van der Waals surface area contributed by atoms with Gasteiger partial charge in [-0.15, -0.1) is 0 Å². The van der Waals surface area contributed by atoms with Crippen molar-refractivity contribution in [3.63, 3.8) is 0 Å². The van der Waals surface area contributed by atoms with E-state index in [0.29, 0.717) is 17.2 Å². The molecule has 0 spiro atoms. The molecule has 2 aliphatic rings. The van der Waals surface area contributed by atoms with Crippen LogP contribution in [0.4, 0.5) is 10.1 Å². The average molecular weight is 320 g/mol. The number of rotatable bonds is 2. The summed E-state index contributed by atoms with van der Waals surface area (Å²) < 4.78 is 19.0. The minimum Gasteiger partial charge on any atom is -0.465 e. The number of benzene rings is 1. The Labute approximate surface area is 134 Å². The number of hydrogen-bond donors (Lipinski definition) is 1. The van der Waals surface area contributed by atoms with Gasteiger partial charge >= 0.3 is 5.97 Å². The molecule has 0 bridgehead atoms. The summed E-state index contributed by atoms with van der Waals surface area (Å²) in [4.78, 5) is 25.6. The van der Waals surface area contributed by atoms with Gasteiger partial charge in [0.2, 0.25) is 5.91 Å². The Hall–Kier alpha value is -1.95. The molecule has 3 atom stereocenters. The lowest BCUT2D eigenvalue weighted by molar-refractivity contribution is -0.117. The number of esters is 1. The molecule has 3 rings (SSSR count). The van der Waals surface area contributed by atoms with Gasteiger partial charge in [0.15, 0.2) is 0 Å². The Morgan fingerprint density at radius 2 is 2.00 bits per heavy atom. The normalized spacial score (nSPS) is 26.7. The first-order chi connectivity index (χ1) is 10.9. The fraction of sp³-hybridized carbons (Fsp3) is 0.529. The number of carbonyl (C=O) groups is 2. The van der Waals surface area contributed by atoms with Crippen molar-refractivity contribution in [1.82, 2.24) is 0 Å². The first-order valence-corrected chi connectivity index (χ1v) is 7.84. The zero-order valence-electron chi connectivity index (χ0n) is 13.5.